The fraction of sp³-hybridized carbons (Fsp3) is 0.818. The molecule has 0 fully saturated rings. The van der Waals surface area contributed by atoms with Crippen molar-refractivity contribution in [2.24, 2.45) is 5.73 Å². The van der Waals surface area contributed by atoms with Crippen molar-refractivity contribution < 1.29 is 9.59 Å². The van der Waals surface area contributed by atoms with Gasteiger partial charge in [-0.05, 0) is 26.7 Å². The molecule has 0 rings (SSSR count). The largest absolute Gasteiger partial charge is 0.347 e. The molecule has 0 saturated heterocycles. The summed E-state index contributed by atoms with van der Waals surface area (Å²) in [5, 5.41) is 2.66. The maximum absolute atomic E-state index is 11.5. The van der Waals surface area contributed by atoms with Gasteiger partial charge in [-0.3, -0.25) is 9.59 Å². The number of nitrogens with two attached hydrogens (primary N) is 1. The molecule has 0 saturated carbocycles. The highest BCUT2D eigenvalue weighted by molar-refractivity contribution is 5.86. The molecule has 16 heavy (non-hydrogen) atoms. The van der Waals surface area contributed by atoms with Crippen LogP contribution in [0.15, 0.2) is 0 Å². The Labute approximate surface area is 97.4 Å². The van der Waals surface area contributed by atoms with Crippen molar-refractivity contribution in [3.05, 3.63) is 0 Å². The van der Waals surface area contributed by atoms with Crippen LogP contribution in [0.1, 0.15) is 33.1 Å². The van der Waals surface area contributed by atoms with Crippen LogP contribution in [0.3, 0.4) is 0 Å². The zero-order valence-electron chi connectivity index (χ0n) is 10.6. The number of carbonyl (C=O) groups is 2. The highest BCUT2D eigenvalue weighted by atomic mass is 16.2. The molecule has 94 valence electrons. The minimum absolute atomic E-state index is 0.0941. The summed E-state index contributed by atoms with van der Waals surface area (Å²) >= 11 is 0. The van der Waals surface area contributed by atoms with Crippen molar-refractivity contribution >= 4 is 11.8 Å². The van der Waals surface area contributed by atoms with Gasteiger partial charge in [-0.25, -0.2) is 0 Å². The number of hydrogen-bond donors (Lipinski definition) is 2. The summed E-state index contributed by atoms with van der Waals surface area (Å²) < 4.78 is 0. The maximum Gasteiger partial charge on any atom is 0.244 e. The lowest BCUT2D eigenvalue weighted by Crippen LogP contribution is -2.44. The number of nitrogens with one attached hydrogen (secondary N) is 1. The van der Waals surface area contributed by atoms with Gasteiger partial charge in [-0.15, -0.1) is 0 Å². The number of rotatable bonds is 6. The summed E-state index contributed by atoms with van der Waals surface area (Å²) in [6.45, 7) is 3.60. The molecule has 0 radical (unpaired) electrons. The molecule has 5 nitrogen and oxygen atoms in total. The average molecular weight is 229 g/mol. The first kappa shape index (κ1) is 14.9. The zero-order valence-corrected chi connectivity index (χ0v) is 10.6. The van der Waals surface area contributed by atoms with Gasteiger partial charge in [0.1, 0.15) is 6.04 Å². The molecule has 2 atom stereocenters. The summed E-state index contributed by atoms with van der Waals surface area (Å²) in [4.78, 5) is 24.4. The Balaban J connectivity index is 3.83. The summed E-state index contributed by atoms with van der Waals surface area (Å²) in [6.07, 6.45) is 2.00. The molecule has 0 bridgehead atoms. The van der Waals surface area contributed by atoms with Crippen LogP contribution in [0, 0.1) is 0 Å². The number of hydrogen-bond acceptors (Lipinski definition) is 3. The molecule has 0 aromatic heterocycles. The van der Waals surface area contributed by atoms with Gasteiger partial charge < -0.3 is 16.0 Å². The first-order valence-electron chi connectivity index (χ1n) is 5.60. The van der Waals surface area contributed by atoms with E-state index in [0.29, 0.717) is 6.42 Å². The van der Waals surface area contributed by atoms with Crippen molar-refractivity contribution in [1.82, 2.24) is 10.2 Å². The summed E-state index contributed by atoms with van der Waals surface area (Å²) in [5.41, 5.74) is 5.58. The topological polar surface area (TPSA) is 75.4 Å². The van der Waals surface area contributed by atoms with Crippen molar-refractivity contribution in [3.8, 4) is 0 Å². The smallest absolute Gasteiger partial charge is 0.244 e. The van der Waals surface area contributed by atoms with Gasteiger partial charge in [-0.1, -0.05) is 0 Å². The van der Waals surface area contributed by atoms with Crippen LogP contribution >= 0.6 is 0 Å². The van der Waals surface area contributed by atoms with Gasteiger partial charge in [0.2, 0.25) is 11.8 Å². The van der Waals surface area contributed by atoms with E-state index in [1.54, 1.807) is 21.0 Å². The highest BCUT2D eigenvalue weighted by Gasteiger charge is 2.16. The molecule has 0 spiro atoms. The van der Waals surface area contributed by atoms with Gasteiger partial charge in [0, 0.05) is 26.6 Å². The van der Waals surface area contributed by atoms with Crippen LogP contribution in [0.5, 0.6) is 0 Å². The van der Waals surface area contributed by atoms with E-state index < -0.39 is 6.04 Å². The minimum Gasteiger partial charge on any atom is -0.347 e. The molecule has 0 heterocycles. The molecule has 0 aliphatic carbocycles. The lowest BCUT2D eigenvalue weighted by Gasteiger charge is -2.18. The van der Waals surface area contributed by atoms with E-state index in [1.807, 2.05) is 6.92 Å². The van der Waals surface area contributed by atoms with Crippen molar-refractivity contribution in [1.29, 1.82) is 0 Å². The Morgan fingerprint density at radius 3 is 2.31 bits per heavy atom. The minimum atomic E-state index is -0.460. The van der Waals surface area contributed by atoms with E-state index in [4.69, 9.17) is 5.73 Å². The number of likely N-dealkylation sites (N-methyl/N-ethyl adjacent to an activating group) is 1. The van der Waals surface area contributed by atoms with E-state index >= 15 is 0 Å². The second-order valence-corrected chi connectivity index (χ2v) is 4.39. The third-order valence-corrected chi connectivity index (χ3v) is 2.25. The van der Waals surface area contributed by atoms with E-state index in [9.17, 15) is 9.59 Å². The Bertz CT molecular complexity index is 239. The van der Waals surface area contributed by atoms with Gasteiger partial charge in [0.05, 0.1) is 0 Å². The Hall–Kier alpha value is -1.10. The Kier molecular flexibility index (Phi) is 6.72. The monoisotopic (exact) mass is 229 g/mol. The van der Waals surface area contributed by atoms with E-state index in [0.717, 1.165) is 12.8 Å². The van der Waals surface area contributed by atoms with Crippen LogP contribution < -0.4 is 11.1 Å². The number of carbonyl (C=O) groups excluding carboxylic acids is 2. The molecule has 3 N–H and O–H groups in total. The molecular formula is C11H23N3O2. The van der Waals surface area contributed by atoms with Crippen molar-refractivity contribution in [3.63, 3.8) is 0 Å². The predicted molar refractivity (Wildman–Crippen MR) is 63.8 cm³/mol. The summed E-state index contributed by atoms with van der Waals surface area (Å²) in [6, 6.07) is -0.341. The van der Waals surface area contributed by atoms with Crippen molar-refractivity contribution in [2.45, 2.75) is 45.2 Å². The van der Waals surface area contributed by atoms with Crippen LogP contribution in [0.2, 0.25) is 0 Å². The molecule has 0 aliphatic heterocycles. The van der Waals surface area contributed by atoms with Crippen LogP contribution in [-0.4, -0.2) is 42.9 Å². The molecule has 2 amide bonds. The van der Waals surface area contributed by atoms with Gasteiger partial charge in [-0.2, -0.15) is 0 Å². The molecule has 2 unspecified atom stereocenters. The molecule has 0 aliphatic rings. The second-order valence-electron chi connectivity index (χ2n) is 4.39. The molecule has 0 aromatic carbocycles. The standard InChI is InChI=1S/C11H23N3O2/c1-8(12)6-5-7-10(15)13-9(2)11(16)14(3)4/h8-9H,5-7,12H2,1-4H3,(H,13,15). The van der Waals surface area contributed by atoms with Crippen molar-refractivity contribution in [2.75, 3.05) is 14.1 Å². The first-order chi connectivity index (χ1) is 7.34. The van der Waals surface area contributed by atoms with E-state index in [2.05, 4.69) is 5.32 Å². The Morgan fingerprint density at radius 2 is 1.88 bits per heavy atom. The zero-order chi connectivity index (χ0) is 12.7. The van der Waals surface area contributed by atoms with Gasteiger partial charge >= 0.3 is 0 Å². The fourth-order valence-electron chi connectivity index (χ4n) is 1.35. The summed E-state index contributed by atoms with van der Waals surface area (Å²) in [7, 11) is 3.34. The van der Waals surface area contributed by atoms with Gasteiger partial charge in [0.15, 0.2) is 0 Å². The average Bonchev–Trinajstić information content (AvgIpc) is 2.15. The fourth-order valence-corrected chi connectivity index (χ4v) is 1.35. The SMILES string of the molecule is CC(N)CCCC(=O)NC(C)C(=O)N(C)C. The van der Waals surface area contributed by atoms with Gasteiger partial charge in [0.25, 0.3) is 0 Å². The second kappa shape index (κ2) is 7.22. The van der Waals surface area contributed by atoms with Crippen LogP contribution in [0.25, 0.3) is 0 Å². The molecule has 0 aromatic rings. The summed E-state index contributed by atoms with van der Waals surface area (Å²) in [5.74, 6) is -0.191. The van der Waals surface area contributed by atoms with E-state index in [-0.39, 0.29) is 17.9 Å². The maximum atomic E-state index is 11.5. The lowest BCUT2D eigenvalue weighted by molar-refractivity contribution is -0.133. The lowest BCUT2D eigenvalue weighted by atomic mass is 10.1. The molecule has 5 heteroatoms. The van der Waals surface area contributed by atoms with Crippen LogP contribution in [0.4, 0.5) is 0 Å². The third-order valence-electron chi connectivity index (χ3n) is 2.25. The third kappa shape index (κ3) is 6.40. The van der Waals surface area contributed by atoms with E-state index in [1.165, 1.54) is 4.90 Å². The van der Waals surface area contributed by atoms with Crippen LogP contribution in [-0.2, 0) is 9.59 Å². The Morgan fingerprint density at radius 1 is 1.31 bits per heavy atom. The molecular weight excluding hydrogens is 206 g/mol. The number of nitrogens with zero attached hydrogens (tertiary/aromatic N) is 1. The quantitative estimate of drug-likeness (QED) is 0.678. The first-order valence-corrected chi connectivity index (χ1v) is 5.60. The predicted octanol–water partition coefficient (Wildman–Crippen LogP) is 0.0968. The normalized spacial score (nSPS) is 14.1. The highest BCUT2D eigenvalue weighted by Crippen LogP contribution is 1.99. The number of amides is 2.